The van der Waals surface area contributed by atoms with Crippen LogP contribution in [0, 0.1) is 0 Å². The first kappa shape index (κ1) is 35.6. The van der Waals surface area contributed by atoms with Gasteiger partial charge in [0.1, 0.15) is 0 Å². The molecule has 0 aliphatic heterocycles. The quantitative estimate of drug-likeness (QED) is 0.0617. The number of nitrogens with zero attached hydrogens (tertiary/aromatic N) is 3. The number of thioether (sulfide) groups is 2. The lowest BCUT2D eigenvalue weighted by molar-refractivity contribution is 0.0710. The van der Waals surface area contributed by atoms with Crippen molar-refractivity contribution in [1.82, 2.24) is 15.0 Å². The van der Waals surface area contributed by atoms with E-state index in [0.29, 0.717) is 25.8 Å². The summed E-state index contributed by atoms with van der Waals surface area (Å²) in [6, 6.07) is 0.778. The Labute approximate surface area is 243 Å². The highest BCUT2D eigenvalue weighted by atomic mass is 32.2. The van der Waals surface area contributed by atoms with Gasteiger partial charge in [-0.15, -0.1) is 0 Å². The molecule has 0 unspecified atom stereocenters. The van der Waals surface area contributed by atoms with Crippen LogP contribution in [-0.4, -0.2) is 61.6 Å². The molecular weight excluding hydrogens is 533 g/mol. The lowest BCUT2D eigenvalue weighted by atomic mass is 10.1. The van der Waals surface area contributed by atoms with Crippen molar-refractivity contribution in [2.45, 2.75) is 134 Å². The Balaban J connectivity index is 2.65. The van der Waals surface area contributed by atoms with E-state index in [2.05, 4.69) is 19.2 Å². The summed E-state index contributed by atoms with van der Waals surface area (Å²) in [4.78, 5) is 14.3. The Kier molecular flexibility index (Phi) is 22.9. The van der Waals surface area contributed by atoms with Crippen molar-refractivity contribution in [2.24, 2.45) is 0 Å². The predicted molar refractivity (Wildman–Crippen MR) is 167 cm³/mol. The van der Waals surface area contributed by atoms with E-state index in [9.17, 15) is 0 Å². The van der Waals surface area contributed by atoms with E-state index in [-0.39, 0.29) is 0 Å². The van der Waals surface area contributed by atoms with Crippen molar-refractivity contribution < 1.29 is 13.3 Å². The van der Waals surface area contributed by atoms with Crippen LogP contribution in [0.4, 0.5) is 5.95 Å². The largest absolute Gasteiger partial charge is 0.500 e. The first-order valence-electron chi connectivity index (χ1n) is 15.3. The summed E-state index contributed by atoms with van der Waals surface area (Å²) in [6.45, 7) is 13.1. The van der Waals surface area contributed by atoms with Crippen molar-refractivity contribution >= 4 is 38.3 Å². The van der Waals surface area contributed by atoms with Gasteiger partial charge in [-0.3, -0.25) is 0 Å². The van der Waals surface area contributed by atoms with E-state index in [1.165, 1.54) is 77.0 Å². The van der Waals surface area contributed by atoms with Crippen molar-refractivity contribution in [3.05, 3.63) is 0 Å². The van der Waals surface area contributed by atoms with E-state index in [1.807, 2.05) is 20.8 Å². The van der Waals surface area contributed by atoms with Gasteiger partial charge in [0.15, 0.2) is 10.3 Å². The van der Waals surface area contributed by atoms with Gasteiger partial charge >= 0.3 is 8.80 Å². The van der Waals surface area contributed by atoms with Crippen LogP contribution in [0.1, 0.15) is 118 Å². The summed E-state index contributed by atoms with van der Waals surface area (Å²) in [5.41, 5.74) is 0. The van der Waals surface area contributed by atoms with Crippen LogP contribution in [-0.2, 0) is 13.3 Å². The summed E-state index contributed by atoms with van der Waals surface area (Å²) in [6.07, 6.45) is 16.5. The number of aromatic nitrogens is 3. The average Bonchev–Trinajstić information content (AvgIpc) is 2.90. The molecule has 1 N–H and O–H groups in total. The van der Waals surface area contributed by atoms with Gasteiger partial charge in [0, 0.05) is 43.9 Å². The van der Waals surface area contributed by atoms with Crippen molar-refractivity contribution in [1.29, 1.82) is 0 Å². The van der Waals surface area contributed by atoms with Gasteiger partial charge in [-0.05, 0) is 40.0 Å². The maximum absolute atomic E-state index is 5.99. The molecule has 1 heterocycles. The average molecular weight is 589 g/mol. The summed E-state index contributed by atoms with van der Waals surface area (Å²) >= 11 is 3.52. The van der Waals surface area contributed by atoms with Gasteiger partial charge in [0.25, 0.3) is 0 Å². The van der Waals surface area contributed by atoms with Crippen LogP contribution in [0.2, 0.25) is 6.04 Å². The molecule has 1 aromatic heterocycles. The number of hydrogen-bond acceptors (Lipinski definition) is 9. The first-order chi connectivity index (χ1) is 18.6. The molecule has 1 aromatic rings. The third-order valence-corrected chi connectivity index (χ3v) is 11.1. The molecule has 0 radical (unpaired) electrons. The Morgan fingerprint density at radius 2 is 1.03 bits per heavy atom. The lowest BCUT2D eigenvalue weighted by Crippen LogP contribution is -2.46. The summed E-state index contributed by atoms with van der Waals surface area (Å²) in [5, 5.41) is 5.11. The monoisotopic (exact) mass is 588 g/mol. The third kappa shape index (κ3) is 17.3. The zero-order valence-corrected chi connectivity index (χ0v) is 27.7. The molecule has 0 aliphatic rings. The molecule has 7 nitrogen and oxygen atoms in total. The Morgan fingerprint density at radius 3 is 1.47 bits per heavy atom. The number of rotatable bonds is 27. The molecule has 10 heteroatoms. The minimum Gasteiger partial charge on any atom is -0.374 e. The van der Waals surface area contributed by atoms with Gasteiger partial charge in [0.2, 0.25) is 5.95 Å². The fourth-order valence-electron chi connectivity index (χ4n) is 4.14. The van der Waals surface area contributed by atoms with E-state index >= 15 is 0 Å². The van der Waals surface area contributed by atoms with Crippen molar-refractivity contribution in [3.63, 3.8) is 0 Å². The van der Waals surface area contributed by atoms with Crippen molar-refractivity contribution in [3.8, 4) is 0 Å². The fraction of sp³-hybridized carbons (Fsp3) is 0.893. The van der Waals surface area contributed by atoms with Crippen molar-refractivity contribution in [2.75, 3.05) is 43.2 Å². The zero-order valence-electron chi connectivity index (χ0n) is 25.0. The smallest absolute Gasteiger partial charge is 0.374 e. The topological polar surface area (TPSA) is 78.4 Å². The molecule has 0 saturated heterocycles. The number of unbranched alkanes of at least 4 members (excludes halogenated alkanes) is 10. The van der Waals surface area contributed by atoms with E-state index in [4.69, 9.17) is 28.2 Å². The number of nitrogens with one attached hydrogen (secondary N) is 1. The fourth-order valence-corrected chi connectivity index (χ4v) is 8.48. The molecule has 0 saturated carbocycles. The van der Waals surface area contributed by atoms with Crippen LogP contribution in [0.25, 0.3) is 0 Å². The first-order valence-corrected chi connectivity index (χ1v) is 19.2. The van der Waals surface area contributed by atoms with E-state index in [1.54, 1.807) is 23.5 Å². The second-order valence-electron chi connectivity index (χ2n) is 9.47. The molecular formula is C28H56N4O3S2Si. The molecule has 0 aromatic carbocycles. The zero-order chi connectivity index (χ0) is 27.7. The highest BCUT2D eigenvalue weighted by Crippen LogP contribution is 2.23. The molecule has 0 spiro atoms. The molecule has 222 valence electrons. The molecule has 1 rings (SSSR count). The minimum atomic E-state index is -2.63. The highest BCUT2D eigenvalue weighted by molar-refractivity contribution is 7.99. The number of hydrogen-bond donors (Lipinski definition) is 1. The predicted octanol–water partition coefficient (Wildman–Crippen LogP) is 8.63. The Bertz CT molecular complexity index is 638. The van der Waals surface area contributed by atoms with Crippen LogP contribution in [0.15, 0.2) is 10.3 Å². The summed E-state index contributed by atoms with van der Waals surface area (Å²) in [7, 11) is -2.63. The Hall–Kier alpha value is -0.393. The van der Waals surface area contributed by atoms with Crippen LogP contribution < -0.4 is 5.32 Å². The number of anilines is 1. The van der Waals surface area contributed by atoms with Crippen LogP contribution in [0.5, 0.6) is 0 Å². The normalized spacial score (nSPS) is 11.8. The van der Waals surface area contributed by atoms with Gasteiger partial charge in [-0.1, -0.05) is 102 Å². The molecule has 0 bridgehead atoms. The molecule has 0 atom stereocenters. The van der Waals surface area contributed by atoms with E-state index < -0.39 is 8.80 Å². The van der Waals surface area contributed by atoms with Crippen LogP contribution in [0.3, 0.4) is 0 Å². The van der Waals surface area contributed by atoms with Crippen LogP contribution >= 0.6 is 23.5 Å². The second-order valence-corrected chi connectivity index (χ2v) is 14.3. The Morgan fingerprint density at radius 1 is 0.579 bits per heavy atom. The second kappa shape index (κ2) is 24.4. The maximum atomic E-state index is 5.99. The minimum absolute atomic E-state index is 0.603. The SMILES string of the molecule is CCCCCCCCSc1nc(NCCC[Si](OCC)(OCC)OCC)nc(SCCCCCCCC)n1. The molecule has 38 heavy (non-hydrogen) atoms. The molecule has 0 fully saturated rings. The standard InChI is InChI=1S/C28H56N4O3S2Si/c1-6-11-13-15-17-19-23-36-27-30-26(31-28(32-27)37-24-20-18-16-14-12-7-2)29-22-21-25-38(33-8-3,34-9-4)35-10-5/h6-25H2,1-5H3,(H,29,30,31,32). The van der Waals surface area contributed by atoms with Gasteiger partial charge in [0.05, 0.1) is 0 Å². The summed E-state index contributed by atoms with van der Waals surface area (Å²) in [5.74, 6) is 2.79. The molecule has 0 amide bonds. The van der Waals surface area contributed by atoms with E-state index in [0.717, 1.165) is 40.8 Å². The lowest BCUT2D eigenvalue weighted by Gasteiger charge is -2.28. The van der Waals surface area contributed by atoms with Gasteiger partial charge < -0.3 is 18.6 Å². The summed E-state index contributed by atoms with van der Waals surface area (Å²) < 4.78 is 18.0. The van der Waals surface area contributed by atoms with Gasteiger partial charge in [-0.2, -0.15) is 15.0 Å². The molecule has 0 aliphatic carbocycles. The highest BCUT2D eigenvalue weighted by Gasteiger charge is 2.39. The van der Waals surface area contributed by atoms with Gasteiger partial charge in [-0.25, -0.2) is 0 Å². The third-order valence-electron chi connectivity index (χ3n) is 6.09. The maximum Gasteiger partial charge on any atom is 0.500 e.